The van der Waals surface area contributed by atoms with E-state index >= 15 is 0 Å². The fourth-order valence-electron chi connectivity index (χ4n) is 2.18. The second-order valence-electron chi connectivity index (χ2n) is 4.92. The summed E-state index contributed by atoms with van der Waals surface area (Å²) in [6.07, 6.45) is 3.92. The minimum absolute atomic E-state index is 0.274. The average molecular weight is 362 g/mol. The van der Waals surface area contributed by atoms with Gasteiger partial charge in [-0.05, 0) is 40.5 Å². The maximum Gasteiger partial charge on any atom is 0.0731 e. The first-order valence-corrected chi connectivity index (χ1v) is 8.40. The van der Waals surface area contributed by atoms with Crippen molar-refractivity contribution in [2.75, 3.05) is 5.32 Å². The SMILES string of the molecule is CC(Nc1cnn(Cc2ccccc2)c1)c1ccc(Br)s1. The van der Waals surface area contributed by atoms with E-state index < -0.39 is 0 Å². The molecular weight excluding hydrogens is 346 g/mol. The number of thiophene rings is 1. The lowest BCUT2D eigenvalue weighted by atomic mass is 10.2. The molecule has 0 aliphatic carbocycles. The van der Waals surface area contributed by atoms with Gasteiger partial charge in [-0.3, -0.25) is 4.68 Å². The van der Waals surface area contributed by atoms with Crippen molar-refractivity contribution in [2.45, 2.75) is 19.5 Å². The van der Waals surface area contributed by atoms with Gasteiger partial charge in [-0.1, -0.05) is 30.3 Å². The number of anilines is 1. The van der Waals surface area contributed by atoms with Crippen molar-refractivity contribution < 1.29 is 0 Å². The molecule has 0 radical (unpaired) electrons. The third-order valence-electron chi connectivity index (χ3n) is 3.22. The van der Waals surface area contributed by atoms with Gasteiger partial charge in [0.1, 0.15) is 0 Å². The number of rotatable bonds is 5. The van der Waals surface area contributed by atoms with E-state index in [4.69, 9.17) is 0 Å². The maximum absolute atomic E-state index is 4.41. The summed E-state index contributed by atoms with van der Waals surface area (Å²) in [6.45, 7) is 2.95. The highest BCUT2D eigenvalue weighted by molar-refractivity contribution is 9.11. The number of benzene rings is 1. The normalized spacial score (nSPS) is 12.3. The Bertz CT molecular complexity index is 705. The summed E-state index contributed by atoms with van der Waals surface area (Å²) >= 11 is 5.25. The van der Waals surface area contributed by atoms with Crippen molar-refractivity contribution in [2.24, 2.45) is 0 Å². The van der Waals surface area contributed by atoms with E-state index in [-0.39, 0.29) is 6.04 Å². The first-order chi connectivity index (χ1) is 10.2. The van der Waals surface area contributed by atoms with Crippen LogP contribution >= 0.6 is 27.3 Å². The van der Waals surface area contributed by atoms with Gasteiger partial charge in [-0.15, -0.1) is 11.3 Å². The average Bonchev–Trinajstić information content (AvgIpc) is 3.09. The van der Waals surface area contributed by atoms with Crippen LogP contribution in [0.3, 0.4) is 0 Å². The predicted octanol–water partition coefficient (Wildman–Crippen LogP) is 4.93. The van der Waals surface area contributed by atoms with E-state index in [1.807, 2.05) is 23.1 Å². The summed E-state index contributed by atoms with van der Waals surface area (Å²) in [5.41, 5.74) is 2.30. The first-order valence-electron chi connectivity index (χ1n) is 6.79. The molecule has 0 saturated carbocycles. The lowest BCUT2D eigenvalue weighted by molar-refractivity contribution is 0.687. The molecule has 0 bridgehead atoms. The Morgan fingerprint density at radius 3 is 2.76 bits per heavy atom. The van der Waals surface area contributed by atoms with Crippen molar-refractivity contribution in [1.29, 1.82) is 0 Å². The second kappa shape index (κ2) is 6.45. The molecule has 108 valence electrons. The van der Waals surface area contributed by atoms with Gasteiger partial charge in [-0.2, -0.15) is 5.10 Å². The molecule has 2 aromatic heterocycles. The Kier molecular flexibility index (Phi) is 4.41. The summed E-state index contributed by atoms with van der Waals surface area (Å²) < 4.78 is 3.11. The fourth-order valence-corrected chi connectivity index (χ4v) is 3.60. The molecule has 0 amide bonds. The van der Waals surface area contributed by atoms with Crippen LogP contribution < -0.4 is 5.32 Å². The van der Waals surface area contributed by atoms with Gasteiger partial charge >= 0.3 is 0 Å². The number of hydrogen-bond acceptors (Lipinski definition) is 3. The Morgan fingerprint density at radius 1 is 1.24 bits per heavy atom. The van der Waals surface area contributed by atoms with Crippen molar-refractivity contribution in [3.8, 4) is 0 Å². The molecule has 1 aromatic carbocycles. The van der Waals surface area contributed by atoms with Crippen molar-refractivity contribution in [1.82, 2.24) is 9.78 Å². The van der Waals surface area contributed by atoms with E-state index in [1.54, 1.807) is 11.3 Å². The van der Waals surface area contributed by atoms with Crippen LogP contribution in [0.25, 0.3) is 0 Å². The minimum Gasteiger partial charge on any atom is -0.375 e. The van der Waals surface area contributed by atoms with Gasteiger partial charge in [0.05, 0.1) is 28.3 Å². The zero-order valence-electron chi connectivity index (χ0n) is 11.7. The Labute approximate surface area is 136 Å². The molecular formula is C16H16BrN3S. The van der Waals surface area contributed by atoms with Gasteiger partial charge < -0.3 is 5.32 Å². The molecule has 3 aromatic rings. The van der Waals surface area contributed by atoms with Gasteiger partial charge in [0.15, 0.2) is 0 Å². The molecule has 0 aliphatic rings. The molecule has 0 fully saturated rings. The van der Waals surface area contributed by atoms with Crippen LogP contribution in [0.5, 0.6) is 0 Å². The standard InChI is InChI=1S/C16H16BrN3S/c1-12(15-7-8-16(17)21-15)19-14-9-18-20(11-14)10-13-5-3-2-4-6-13/h2-9,11-12,19H,10H2,1H3. The molecule has 5 heteroatoms. The molecule has 2 heterocycles. The summed E-state index contributed by atoms with van der Waals surface area (Å²) in [7, 11) is 0. The van der Waals surface area contributed by atoms with E-state index in [0.717, 1.165) is 16.0 Å². The van der Waals surface area contributed by atoms with E-state index in [2.05, 4.69) is 69.7 Å². The summed E-state index contributed by atoms with van der Waals surface area (Å²) in [5.74, 6) is 0. The molecule has 1 atom stereocenters. The van der Waals surface area contributed by atoms with Crippen LogP contribution in [0, 0.1) is 0 Å². The highest BCUT2D eigenvalue weighted by Gasteiger charge is 2.09. The predicted molar refractivity (Wildman–Crippen MR) is 91.8 cm³/mol. The summed E-state index contributed by atoms with van der Waals surface area (Å²) in [6, 6.07) is 14.8. The van der Waals surface area contributed by atoms with Crippen LogP contribution in [0.1, 0.15) is 23.4 Å². The van der Waals surface area contributed by atoms with Gasteiger partial charge in [0.2, 0.25) is 0 Å². The first kappa shape index (κ1) is 14.4. The van der Waals surface area contributed by atoms with Crippen LogP contribution in [-0.4, -0.2) is 9.78 Å². The van der Waals surface area contributed by atoms with Crippen molar-refractivity contribution in [3.05, 3.63) is 69.1 Å². The van der Waals surface area contributed by atoms with Crippen LogP contribution in [0.2, 0.25) is 0 Å². The van der Waals surface area contributed by atoms with Crippen LogP contribution in [0.4, 0.5) is 5.69 Å². The molecule has 0 aliphatic heterocycles. The lowest BCUT2D eigenvalue weighted by Gasteiger charge is -2.11. The van der Waals surface area contributed by atoms with Crippen LogP contribution in [-0.2, 0) is 6.54 Å². The monoisotopic (exact) mass is 361 g/mol. The van der Waals surface area contributed by atoms with Crippen molar-refractivity contribution >= 4 is 33.0 Å². The summed E-state index contributed by atoms with van der Waals surface area (Å²) in [5, 5.41) is 7.90. The maximum atomic E-state index is 4.41. The zero-order chi connectivity index (χ0) is 14.7. The second-order valence-corrected chi connectivity index (χ2v) is 7.41. The molecule has 0 saturated heterocycles. The zero-order valence-corrected chi connectivity index (χ0v) is 14.1. The molecule has 1 N–H and O–H groups in total. The van der Waals surface area contributed by atoms with Gasteiger partial charge in [-0.25, -0.2) is 0 Å². The molecule has 3 nitrogen and oxygen atoms in total. The number of hydrogen-bond donors (Lipinski definition) is 1. The minimum atomic E-state index is 0.274. The number of halogens is 1. The van der Waals surface area contributed by atoms with Gasteiger partial charge in [0, 0.05) is 11.1 Å². The van der Waals surface area contributed by atoms with Crippen molar-refractivity contribution in [3.63, 3.8) is 0 Å². The fraction of sp³-hybridized carbons (Fsp3) is 0.188. The Hall–Kier alpha value is -1.59. The van der Waals surface area contributed by atoms with E-state index in [9.17, 15) is 0 Å². The van der Waals surface area contributed by atoms with E-state index in [1.165, 1.54) is 10.4 Å². The molecule has 1 unspecified atom stereocenters. The highest BCUT2D eigenvalue weighted by Crippen LogP contribution is 2.29. The Morgan fingerprint density at radius 2 is 2.05 bits per heavy atom. The largest absolute Gasteiger partial charge is 0.375 e. The Balaban J connectivity index is 1.65. The molecule has 3 rings (SSSR count). The third kappa shape index (κ3) is 3.74. The topological polar surface area (TPSA) is 29.9 Å². The lowest BCUT2D eigenvalue weighted by Crippen LogP contribution is -2.04. The smallest absolute Gasteiger partial charge is 0.0731 e. The van der Waals surface area contributed by atoms with Gasteiger partial charge in [0.25, 0.3) is 0 Å². The quantitative estimate of drug-likeness (QED) is 0.698. The highest BCUT2D eigenvalue weighted by atomic mass is 79.9. The number of nitrogens with zero attached hydrogens (tertiary/aromatic N) is 2. The number of nitrogens with one attached hydrogen (secondary N) is 1. The van der Waals surface area contributed by atoms with E-state index in [0.29, 0.717) is 0 Å². The third-order valence-corrected chi connectivity index (χ3v) is 5.03. The number of aromatic nitrogens is 2. The molecule has 0 spiro atoms. The summed E-state index contributed by atoms with van der Waals surface area (Å²) in [4.78, 5) is 1.30. The van der Waals surface area contributed by atoms with Crippen LogP contribution in [0.15, 0.2) is 58.6 Å². The molecule has 21 heavy (non-hydrogen) atoms.